The maximum absolute atomic E-state index is 4.71. The van der Waals surface area contributed by atoms with Crippen molar-refractivity contribution < 1.29 is 0 Å². The molecule has 0 aliphatic rings. The Kier molecular flexibility index (Phi) is 4.30. The number of thiazole rings is 1. The Labute approximate surface area is 156 Å². The van der Waals surface area contributed by atoms with Crippen LogP contribution in [-0.4, -0.2) is 24.5 Å². The Bertz CT molecular complexity index is 1030. The van der Waals surface area contributed by atoms with Gasteiger partial charge in [-0.1, -0.05) is 29.5 Å². The highest BCUT2D eigenvalue weighted by Crippen LogP contribution is 2.32. The van der Waals surface area contributed by atoms with Crippen LogP contribution in [0.1, 0.15) is 17.0 Å². The first kappa shape index (κ1) is 16.5. The zero-order chi connectivity index (χ0) is 18.1. The van der Waals surface area contributed by atoms with Crippen LogP contribution in [0.2, 0.25) is 0 Å². The van der Waals surface area contributed by atoms with E-state index in [0.29, 0.717) is 6.54 Å². The van der Waals surface area contributed by atoms with Crippen molar-refractivity contribution in [1.29, 1.82) is 0 Å². The molecule has 0 fully saturated rings. The van der Waals surface area contributed by atoms with Crippen LogP contribution in [0.25, 0.3) is 16.3 Å². The van der Waals surface area contributed by atoms with E-state index in [2.05, 4.69) is 22.3 Å². The van der Waals surface area contributed by atoms with E-state index in [9.17, 15) is 0 Å². The van der Waals surface area contributed by atoms with Gasteiger partial charge in [0.15, 0.2) is 5.13 Å². The first-order chi connectivity index (χ1) is 12.6. The summed E-state index contributed by atoms with van der Waals surface area (Å²) < 4.78 is 3.77. The lowest BCUT2D eigenvalue weighted by atomic mass is 10.2. The van der Waals surface area contributed by atoms with Crippen LogP contribution in [0.5, 0.6) is 0 Å². The molecule has 0 atom stereocenters. The Morgan fingerprint density at radius 3 is 2.65 bits per heavy atom. The molecule has 4 rings (SSSR count). The topological polar surface area (TPSA) is 60.6 Å². The average molecular weight is 364 g/mol. The van der Waals surface area contributed by atoms with Crippen LogP contribution in [0, 0.1) is 13.8 Å². The van der Waals surface area contributed by atoms with Gasteiger partial charge in [-0.05, 0) is 32.0 Å². The average Bonchev–Trinajstić information content (AvgIpc) is 3.35. The van der Waals surface area contributed by atoms with Gasteiger partial charge in [-0.3, -0.25) is 4.68 Å². The number of nitrogens with one attached hydrogen (secondary N) is 1. The lowest BCUT2D eigenvalue weighted by Crippen LogP contribution is -2.01. The molecule has 7 heteroatoms. The Balaban J connectivity index is 1.53. The van der Waals surface area contributed by atoms with Crippen LogP contribution in [-0.2, 0) is 13.6 Å². The molecule has 0 saturated carbocycles. The Morgan fingerprint density at radius 1 is 1.12 bits per heavy atom. The fraction of sp³-hybridized carbons (Fsp3) is 0.211. The van der Waals surface area contributed by atoms with Crippen LogP contribution in [0.4, 0.5) is 5.13 Å². The molecule has 132 valence electrons. The van der Waals surface area contributed by atoms with E-state index in [-0.39, 0.29) is 0 Å². The predicted octanol–water partition coefficient (Wildman–Crippen LogP) is 3.96. The molecular weight excluding hydrogens is 344 g/mol. The molecule has 3 heterocycles. The van der Waals surface area contributed by atoms with Crippen LogP contribution >= 0.6 is 11.3 Å². The van der Waals surface area contributed by atoms with Gasteiger partial charge < -0.3 is 5.32 Å². The summed E-state index contributed by atoms with van der Waals surface area (Å²) in [7, 11) is 1.95. The van der Waals surface area contributed by atoms with Crippen molar-refractivity contribution in [2.24, 2.45) is 7.05 Å². The molecule has 0 radical (unpaired) electrons. The largest absolute Gasteiger partial charge is 0.357 e. The molecule has 0 saturated heterocycles. The van der Waals surface area contributed by atoms with Gasteiger partial charge >= 0.3 is 0 Å². The third-order valence-corrected chi connectivity index (χ3v) is 5.54. The van der Waals surface area contributed by atoms with E-state index in [1.54, 1.807) is 11.3 Å². The summed E-state index contributed by atoms with van der Waals surface area (Å²) in [6, 6.07) is 12.1. The van der Waals surface area contributed by atoms with Gasteiger partial charge in [0.25, 0.3) is 0 Å². The first-order valence-corrected chi connectivity index (χ1v) is 9.23. The van der Waals surface area contributed by atoms with Gasteiger partial charge in [0.05, 0.1) is 22.5 Å². The van der Waals surface area contributed by atoms with Crippen molar-refractivity contribution in [1.82, 2.24) is 24.5 Å². The summed E-state index contributed by atoms with van der Waals surface area (Å²) in [5.74, 6) is 0. The number of hydrogen-bond acceptors (Lipinski definition) is 5. The Morgan fingerprint density at radius 2 is 1.92 bits per heavy atom. The van der Waals surface area contributed by atoms with Crippen LogP contribution in [0.15, 0.2) is 48.8 Å². The first-order valence-electron chi connectivity index (χ1n) is 8.42. The molecule has 26 heavy (non-hydrogen) atoms. The molecule has 0 unspecified atom stereocenters. The van der Waals surface area contributed by atoms with E-state index in [1.807, 2.05) is 72.1 Å². The lowest BCUT2D eigenvalue weighted by Gasteiger charge is -2.01. The lowest BCUT2D eigenvalue weighted by molar-refractivity contribution is 0.738. The van der Waals surface area contributed by atoms with Crippen molar-refractivity contribution >= 4 is 16.5 Å². The standard InChI is InChI=1S/C19H20N6S/c1-13-18(17-9-10-25(23-17)16-7-5-4-6-8-16)26-19(22-13)20-11-15-12-21-24(3)14(15)2/h4-10,12H,11H2,1-3H3,(H,20,22). The molecule has 4 aromatic rings. The Hall–Kier alpha value is -2.93. The SMILES string of the molecule is Cc1nc(NCc2cnn(C)c2C)sc1-c1ccn(-c2ccccc2)n1. The number of benzene rings is 1. The second-order valence-electron chi connectivity index (χ2n) is 6.15. The van der Waals surface area contributed by atoms with Crippen molar-refractivity contribution in [3.63, 3.8) is 0 Å². The van der Waals surface area contributed by atoms with E-state index >= 15 is 0 Å². The summed E-state index contributed by atoms with van der Waals surface area (Å²) >= 11 is 1.63. The number of para-hydroxylation sites is 1. The normalized spacial score (nSPS) is 11.0. The molecule has 6 nitrogen and oxygen atoms in total. The van der Waals surface area contributed by atoms with Crippen LogP contribution in [0.3, 0.4) is 0 Å². The maximum Gasteiger partial charge on any atom is 0.183 e. The summed E-state index contributed by atoms with van der Waals surface area (Å²) in [4.78, 5) is 5.74. The summed E-state index contributed by atoms with van der Waals surface area (Å²) in [5, 5.41) is 13.3. The van der Waals surface area contributed by atoms with E-state index in [1.165, 1.54) is 5.56 Å². The van der Waals surface area contributed by atoms with E-state index in [4.69, 9.17) is 5.10 Å². The summed E-state index contributed by atoms with van der Waals surface area (Å²) in [6.45, 7) is 4.80. The number of aromatic nitrogens is 5. The molecular formula is C19H20N6S. The van der Waals surface area contributed by atoms with Gasteiger partial charge in [-0.2, -0.15) is 10.2 Å². The second-order valence-corrected chi connectivity index (χ2v) is 7.15. The minimum Gasteiger partial charge on any atom is -0.357 e. The van der Waals surface area contributed by atoms with Crippen molar-refractivity contribution in [3.05, 3.63) is 65.7 Å². The zero-order valence-corrected chi connectivity index (χ0v) is 15.8. The fourth-order valence-corrected chi connectivity index (χ4v) is 3.69. The van der Waals surface area contributed by atoms with E-state index < -0.39 is 0 Å². The van der Waals surface area contributed by atoms with Gasteiger partial charge in [0, 0.05) is 31.0 Å². The number of aryl methyl sites for hydroxylation is 2. The minimum atomic E-state index is 0.713. The van der Waals surface area contributed by atoms with Gasteiger partial charge in [0.2, 0.25) is 0 Å². The van der Waals surface area contributed by atoms with Crippen molar-refractivity contribution in [3.8, 4) is 16.3 Å². The number of anilines is 1. The third-order valence-electron chi connectivity index (χ3n) is 4.41. The maximum atomic E-state index is 4.71. The third kappa shape index (κ3) is 3.13. The molecule has 0 spiro atoms. The summed E-state index contributed by atoms with van der Waals surface area (Å²) in [5.41, 5.74) is 5.31. The molecule has 0 aliphatic heterocycles. The highest BCUT2D eigenvalue weighted by Gasteiger charge is 2.13. The van der Waals surface area contributed by atoms with Crippen molar-refractivity contribution in [2.45, 2.75) is 20.4 Å². The number of hydrogen-bond donors (Lipinski definition) is 1. The van der Waals surface area contributed by atoms with Gasteiger partial charge in [0.1, 0.15) is 5.69 Å². The molecule has 0 bridgehead atoms. The molecule has 0 amide bonds. The van der Waals surface area contributed by atoms with Crippen molar-refractivity contribution in [2.75, 3.05) is 5.32 Å². The second kappa shape index (κ2) is 6.76. The molecule has 1 aromatic carbocycles. The number of rotatable bonds is 5. The highest BCUT2D eigenvalue weighted by atomic mass is 32.1. The number of nitrogens with zero attached hydrogens (tertiary/aromatic N) is 5. The summed E-state index contributed by atoms with van der Waals surface area (Å²) in [6.07, 6.45) is 3.88. The zero-order valence-electron chi connectivity index (χ0n) is 15.0. The van der Waals surface area contributed by atoms with Gasteiger partial charge in [-0.15, -0.1) is 0 Å². The molecule has 1 N–H and O–H groups in total. The predicted molar refractivity (Wildman–Crippen MR) is 105 cm³/mol. The van der Waals surface area contributed by atoms with Gasteiger partial charge in [-0.25, -0.2) is 9.67 Å². The quantitative estimate of drug-likeness (QED) is 0.582. The fourth-order valence-electron chi connectivity index (χ4n) is 2.77. The monoisotopic (exact) mass is 364 g/mol. The minimum absolute atomic E-state index is 0.713. The molecule has 3 aromatic heterocycles. The smallest absolute Gasteiger partial charge is 0.183 e. The highest BCUT2D eigenvalue weighted by molar-refractivity contribution is 7.19. The van der Waals surface area contributed by atoms with Crippen LogP contribution < -0.4 is 5.32 Å². The van der Waals surface area contributed by atoms with E-state index in [0.717, 1.165) is 32.8 Å². The molecule has 0 aliphatic carbocycles.